The van der Waals surface area contributed by atoms with Gasteiger partial charge in [0.1, 0.15) is 6.61 Å². The molecule has 6 heteroatoms. The van der Waals surface area contributed by atoms with Gasteiger partial charge in [0.25, 0.3) is 0 Å². The molecule has 1 aliphatic heterocycles. The van der Waals surface area contributed by atoms with E-state index in [4.69, 9.17) is 9.47 Å². The van der Waals surface area contributed by atoms with Gasteiger partial charge in [-0.15, -0.1) is 0 Å². The van der Waals surface area contributed by atoms with Crippen LogP contribution in [0.1, 0.15) is 25.1 Å². The number of H-pyrrole nitrogens is 1. The number of hydrogen-bond donors (Lipinski definition) is 1. The Kier molecular flexibility index (Phi) is 6.52. The van der Waals surface area contributed by atoms with E-state index < -0.39 is 0 Å². The third kappa shape index (κ3) is 4.37. The van der Waals surface area contributed by atoms with Crippen molar-refractivity contribution >= 4 is 17.0 Å². The second-order valence-corrected chi connectivity index (χ2v) is 6.55. The van der Waals surface area contributed by atoms with E-state index in [2.05, 4.69) is 41.9 Å². The van der Waals surface area contributed by atoms with Crippen LogP contribution in [0.5, 0.6) is 0 Å². The van der Waals surface area contributed by atoms with E-state index in [0.717, 1.165) is 37.3 Å². The maximum Gasteiger partial charge on any atom is 0.410 e. The Morgan fingerprint density at radius 3 is 2.81 bits per heavy atom. The average molecular weight is 359 g/mol. The summed E-state index contributed by atoms with van der Waals surface area (Å²) in [6, 6.07) is 8.29. The lowest BCUT2D eigenvalue weighted by molar-refractivity contribution is 0.0457. The molecule has 0 saturated carbocycles. The smallest absolute Gasteiger partial charge is 0.410 e. The molecule has 6 nitrogen and oxygen atoms in total. The third-order valence-electron chi connectivity index (χ3n) is 5.04. The molecule has 0 radical (unpaired) electrons. The summed E-state index contributed by atoms with van der Waals surface area (Å²) in [5.74, 6) is 0. The van der Waals surface area contributed by atoms with Gasteiger partial charge in [-0.05, 0) is 31.1 Å². The molecule has 26 heavy (non-hydrogen) atoms. The first-order chi connectivity index (χ1) is 12.7. The molecule has 0 spiro atoms. The van der Waals surface area contributed by atoms with Crippen molar-refractivity contribution in [3.63, 3.8) is 0 Å². The predicted octanol–water partition coefficient (Wildman–Crippen LogP) is 3.02. The van der Waals surface area contributed by atoms with Crippen molar-refractivity contribution < 1.29 is 14.3 Å². The van der Waals surface area contributed by atoms with Crippen LogP contribution < -0.4 is 0 Å². The fourth-order valence-electron chi connectivity index (χ4n) is 3.46. The number of carbonyl (C=O) groups excluding carboxylic acids is 1. The molecule has 142 valence electrons. The van der Waals surface area contributed by atoms with Gasteiger partial charge in [0.05, 0.1) is 19.8 Å². The SMILES string of the molecule is CCN(CC)CCOCCOC(=O)N1CCc2c([nH]c3ccccc23)C1. The Labute approximate surface area is 155 Å². The number of amides is 1. The molecule has 1 amide bonds. The van der Waals surface area contributed by atoms with Crippen LogP contribution in [0.25, 0.3) is 10.9 Å². The van der Waals surface area contributed by atoms with Gasteiger partial charge in [-0.1, -0.05) is 32.0 Å². The van der Waals surface area contributed by atoms with Gasteiger partial charge in [-0.25, -0.2) is 4.79 Å². The van der Waals surface area contributed by atoms with Crippen molar-refractivity contribution in [2.75, 3.05) is 46.0 Å². The van der Waals surface area contributed by atoms with Gasteiger partial charge in [-0.3, -0.25) is 0 Å². The van der Waals surface area contributed by atoms with Crippen molar-refractivity contribution in [1.82, 2.24) is 14.8 Å². The zero-order valence-corrected chi connectivity index (χ0v) is 15.8. The molecule has 0 saturated heterocycles. The molecule has 1 aliphatic rings. The molecular formula is C20H29N3O3. The van der Waals surface area contributed by atoms with Crippen LogP contribution in [0.2, 0.25) is 0 Å². The molecular weight excluding hydrogens is 330 g/mol. The third-order valence-corrected chi connectivity index (χ3v) is 5.04. The van der Waals surface area contributed by atoms with Gasteiger partial charge >= 0.3 is 6.09 Å². The fourth-order valence-corrected chi connectivity index (χ4v) is 3.46. The number of likely N-dealkylation sites (N-methyl/N-ethyl adjacent to an activating group) is 1. The highest BCUT2D eigenvalue weighted by Gasteiger charge is 2.24. The van der Waals surface area contributed by atoms with E-state index in [1.54, 1.807) is 4.90 Å². The molecule has 1 aromatic carbocycles. The molecule has 0 unspecified atom stereocenters. The van der Waals surface area contributed by atoms with Gasteiger partial charge in [-0.2, -0.15) is 0 Å². The van der Waals surface area contributed by atoms with Crippen molar-refractivity contribution in [1.29, 1.82) is 0 Å². The minimum atomic E-state index is -0.262. The van der Waals surface area contributed by atoms with Crippen molar-refractivity contribution in [2.45, 2.75) is 26.8 Å². The second-order valence-electron chi connectivity index (χ2n) is 6.55. The number of fused-ring (bicyclic) bond motifs is 3. The van der Waals surface area contributed by atoms with Gasteiger partial charge in [0, 0.05) is 29.7 Å². The van der Waals surface area contributed by atoms with Crippen LogP contribution in [0, 0.1) is 0 Å². The minimum Gasteiger partial charge on any atom is -0.447 e. The molecule has 0 bridgehead atoms. The number of para-hydroxylation sites is 1. The number of aromatic amines is 1. The fraction of sp³-hybridized carbons (Fsp3) is 0.550. The lowest BCUT2D eigenvalue weighted by atomic mass is 10.0. The average Bonchev–Trinajstić information content (AvgIpc) is 3.05. The maximum absolute atomic E-state index is 12.3. The number of rotatable bonds is 8. The molecule has 1 aromatic heterocycles. The van der Waals surface area contributed by atoms with Crippen LogP contribution in [-0.4, -0.2) is 66.9 Å². The van der Waals surface area contributed by atoms with E-state index in [0.29, 0.717) is 32.9 Å². The quantitative estimate of drug-likeness (QED) is 0.736. The number of hydrogen-bond acceptors (Lipinski definition) is 4. The van der Waals surface area contributed by atoms with Gasteiger partial charge in [0.2, 0.25) is 0 Å². The monoisotopic (exact) mass is 359 g/mol. The Morgan fingerprint density at radius 2 is 2.00 bits per heavy atom. The summed E-state index contributed by atoms with van der Waals surface area (Å²) in [6.07, 6.45) is 0.594. The van der Waals surface area contributed by atoms with Crippen molar-refractivity contribution in [3.8, 4) is 0 Å². The van der Waals surface area contributed by atoms with E-state index in [-0.39, 0.29) is 6.09 Å². The van der Waals surface area contributed by atoms with Crippen LogP contribution in [0.4, 0.5) is 4.79 Å². The maximum atomic E-state index is 12.3. The molecule has 3 rings (SSSR count). The molecule has 0 aliphatic carbocycles. The highest BCUT2D eigenvalue weighted by atomic mass is 16.6. The van der Waals surface area contributed by atoms with Crippen LogP contribution >= 0.6 is 0 Å². The molecule has 0 atom stereocenters. The first-order valence-electron chi connectivity index (χ1n) is 9.53. The number of benzene rings is 1. The Bertz CT molecular complexity index is 724. The molecule has 2 heterocycles. The lowest BCUT2D eigenvalue weighted by Gasteiger charge is -2.26. The van der Waals surface area contributed by atoms with Gasteiger partial charge < -0.3 is 24.3 Å². The number of ether oxygens (including phenoxy) is 2. The standard InChI is InChI=1S/C20H29N3O3/c1-3-22(4-2)11-12-25-13-14-26-20(24)23-10-9-17-16-7-5-6-8-18(16)21-19(17)15-23/h5-8,21H,3-4,9-15H2,1-2H3. The Hall–Kier alpha value is -2.05. The van der Waals surface area contributed by atoms with Crippen LogP contribution in [-0.2, 0) is 22.4 Å². The number of nitrogens with zero attached hydrogens (tertiary/aromatic N) is 2. The van der Waals surface area contributed by atoms with Crippen LogP contribution in [0.15, 0.2) is 24.3 Å². The van der Waals surface area contributed by atoms with E-state index in [9.17, 15) is 4.79 Å². The van der Waals surface area contributed by atoms with Gasteiger partial charge in [0.15, 0.2) is 0 Å². The summed E-state index contributed by atoms with van der Waals surface area (Å²) in [5, 5.41) is 1.26. The first-order valence-corrected chi connectivity index (χ1v) is 9.53. The minimum absolute atomic E-state index is 0.262. The van der Waals surface area contributed by atoms with E-state index in [1.807, 2.05) is 6.07 Å². The summed E-state index contributed by atoms with van der Waals surface area (Å²) in [6.45, 7) is 9.93. The lowest BCUT2D eigenvalue weighted by Crippen LogP contribution is -2.36. The summed E-state index contributed by atoms with van der Waals surface area (Å²) < 4.78 is 10.9. The number of carbonyl (C=O) groups is 1. The zero-order valence-electron chi connectivity index (χ0n) is 15.8. The molecule has 2 aromatic rings. The number of aromatic nitrogens is 1. The highest BCUT2D eigenvalue weighted by molar-refractivity contribution is 5.85. The largest absolute Gasteiger partial charge is 0.447 e. The molecule has 0 fully saturated rings. The summed E-state index contributed by atoms with van der Waals surface area (Å²) in [7, 11) is 0. The van der Waals surface area contributed by atoms with Crippen molar-refractivity contribution in [3.05, 3.63) is 35.5 Å². The normalized spacial score (nSPS) is 14.0. The summed E-state index contributed by atoms with van der Waals surface area (Å²) in [5.41, 5.74) is 3.57. The first kappa shape index (κ1) is 18.7. The summed E-state index contributed by atoms with van der Waals surface area (Å²) >= 11 is 0. The molecule has 1 N–H and O–H groups in total. The Balaban J connectivity index is 1.41. The zero-order chi connectivity index (χ0) is 18.4. The van der Waals surface area contributed by atoms with E-state index >= 15 is 0 Å². The summed E-state index contributed by atoms with van der Waals surface area (Å²) in [4.78, 5) is 19.8. The Morgan fingerprint density at radius 1 is 1.19 bits per heavy atom. The van der Waals surface area contributed by atoms with Crippen molar-refractivity contribution in [2.24, 2.45) is 0 Å². The predicted molar refractivity (Wildman–Crippen MR) is 102 cm³/mol. The highest BCUT2D eigenvalue weighted by Crippen LogP contribution is 2.27. The second kappa shape index (κ2) is 9.05. The van der Waals surface area contributed by atoms with E-state index in [1.165, 1.54) is 10.9 Å². The van der Waals surface area contributed by atoms with Crippen LogP contribution in [0.3, 0.4) is 0 Å². The topological polar surface area (TPSA) is 57.8 Å². The number of nitrogens with one attached hydrogen (secondary N) is 1.